The summed E-state index contributed by atoms with van der Waals surface area (Å²) in [5, 5.41) is 6.51. The summed E-state index contributed by atoms with van der Waals surface area (Å²) in [5.41, 5.74) is 1.40. The van der Waals surface area contributed by atoms with Gasteiger partial charge in [-0.1, -0.05) is 63.1 Å². The van der Waals surface area contributed by atoms with E-state index in [1.165, 1.54) is 42.0 Å². The van der Waals surface area contributed by atoms with Crippen molar-refractivity contribution >= 4 is 10.8 Å². The minimum atomic E-state index is 0.699. The van der Waals surface area contributed by atoms with E-state index in [-0.39, 0.29) is 0 Å². The van der Waals surface area contributed by atoms with Gasteiger partial charge in [-0.3, -0.25) is 0 Å². The van der Waals surface area contributed by atoms with E-state index in [9.17, 15) is 0 Å². The summed E-state index contributed by atoms with van der Waals surface area (Å²) in [4.78, 5) is 0. The summed E-state index contributed by atoms with van der Waals surface area (Å²) in [6, 6.07) is 16.2. The highest BCUT2D eigenvalue weighted by Gasteiger charge is 2.26. The molecule has 0 saturated heterocycles. The molecule has 2 aromatic rings. The Morgan fingerprint density at radius 2 is 1.76 bits per heavy atom. The second-order valence-corrected chi connectivity index (χ2v) is 6.86. The summed E-state index contributed by atoms with van der Waals surface area (Å²) in [7, 11) is 0. The van der Waals surface area contributed by atoms with E-state index in [0.29, 0.717) is 6.04 Å². The lowest BCUT2D eigenvalue weighted by molar-refractivity contribution is 0.204. The molecule has 2 unspecified atom stereocenters. The zero-order chi connectivity index (χ0) is 14.7. The monoisotopic (exact) mass is 281 g/mol. The van der Waals surface area contributed by atoms with Gasteiger partial charge in [0.15, 0.2) is 0 Å². The van der Waals surface area contributed by atoms with Crippen molar-refractivity contribution in [2.45, 2.75) is 52.1 Å². The Balaban J connectivity index is 1.67. The maximum absolute atomic E-state index is 3.83. The quantitative estimate of drug-likeness (QED) is 0.817. The van der Waals surface area contributed by atoms with Crippen LogP contribution in [0, 0.1) is 11.8 Å². The fourth-order valence-electron chi connectivity index (χ4n) is 3.81. The molecular formula is C20H27N. The van der Waals surface area contributed by atoms with Crippen molar-refractivity contribution in [1.29, 1.82) is 0 Å². The summed E-state index contributed by atoms with van der Waals surface area (Å²) in [6.45, 7) is 5.75. The predicted molar refractivity (Wildman–Crippen MR) is 91.4 cm³/mol. The molecule has 3 rings (SSSR count). The minimum Gasteiger partial charge on any atom is -0.310 e. The summed E-state index contributed by atoms with van der Waals surface area (Å²) in [5.74, 6) is 1.64. The number of nitrogens with one attached hydrogen (secondary N) is 1. The fraction of sp³-hybridized carbons (Fsp3) is 0.500. The molecule has 1 aliphatic carbocycles. The Hall–Kier alpha value is -1.34. The van der Waals surface area contributed by atoms with Crippen molar-refractivity contribution in [3.63, 3.8) is 0 Å². The van der Waals surface area contributed by atoms with Crippen LogP contribution < -0.4 is 5.32 Å². The lowest BCUT2D eigenvalue weighted by Gasteiger charge is -2.35. The van der Waals surface area contributed by atoms with Gasteiger partial charge in [0.2, 0.25) is 0 Å². The molecule has 0 heterocycles. The molecule has 0 aromatic heterocycles. The smallest absolute Gasteiger partial charge is 0.0208 e. The van der Waals surface area contributed by atoms with Gasteiger partial charge in [0.05, 0.1) is 0 Å². The molecule has 1 saturated carbocycles. The number of benzene rings is 2. The first-order valence-corrected chi connectivity index (χ1v) is 8.45. The first-order chi connectivity index (χ1) is 10.2. The van der Waals surface area contributed by atoms with E-state index >= 15 is 0 Å². The van der Waals surface area contributed by atoms with Gasteiger partial charge in [-0.15, -0.1) is 0 Å². The van der Waals surface area contributed by atoms with Gasteiger partial charge < -0.3 is 5.32 Å². The van der Waals surface area contributed by atoms with E-state index in [4.69, 9.17) is 0 Å². The van der Waals surface area contributed by atoms with Crippen LogP contribution in [0.2, 0.25) is 0 Å². The van der Waals surface area contributed by atoms with Crippen molar-refractivity contribution in [2.75, 3.05) is 0 Å². The molecule has 1 N–H and O–H groups in total. The molecule has 0 radical (unpaired) electrons. The van der Waals surface area contributed by atoms with Gasteiger partial charge in [-0.05, 0) is 47.1 Å². The van der Waals surface area contributed by atoms with Crippen LogP contribution >= 0.6 is 0 Å². The third-order valence-electron chi connectivity index (χ3n) is 5.06. The van der Waals surface area contributed by atoms with Crippen LogP contribution in [-0.4, -0.2) is 6.04 Å². The first kappa shape index (κ1) is 14.6. The maximum Gasteiger partial charge on any atom is 0.0208 e. The van der Waals surface area contributed by atoms with E-state index in [1.54, 1.807) is 0 Å². The number of rotatable bonds is 4. The lowest BCUT2D eigenvalue weighted by Crippen LogP contribution is -2.40. The molecule has 1 fully saturated rings. The van der Waals surface area contributed by atoms with Crippen LogP contribution in [0.25, 0.3) is 10.8 Å². The highest BCUT2D eigenvalue weighted by atomic mass is 14.9. The highest BCUT2D eigenvalue weighted by molar-refractivity contribution is 5.82. The van der Waals surface area contributed by atoms with E-state index in [1.807, 2.05) is 0 Å². The summed E-state index contributed by atoms with van der Waals surface area (Å²) >= 11 is 0. The molecule has 2 aromatic carbocycles. The van der Waals surface area contributed by atoms with Gasteiger partial charge in [-0.25, -0.2) is 0 Å². The van der Waals surface area contributed by atoms with Crippen LogP contribution in [0.15, 0.2) is 42.5 Å². The van der Waals surface area contributed by atoms with E-state index < -0.39 is 0 Å². The van der Waals surface area contributed by atoms with Gasteiger partial charge in [0.1, 0.15) is 0 Å². The molecular weight excluding hydrogens is 254 g/mol. The SMILES string of the molecule is CC(C)C1CCCCC1NCc1ccc2ccccc2c1. The lowest BCUT2D eigenvalue weighted by atomic mass is 9.78. The first-order valence-electron chi connectivity index (χ1n) is 8.45. The molecule has 0 amide bonds. The number of hydrogen-bond donors (Lipinski definition) is 1. The van der Waals surface area contributed by atoms with Crippen LogP contribution in [0.1, 0.15) is 45.1 Å². The zero-order valence-electron chi connectivity index (χ0n) is 13.3. The van der Waals surface area contributed by atoms with E-state index in [0.717, 1.165) is 18.4 Å². The van der Waals surface area contributed by atoms with Crippen LogP contribution in [0.5, 0.6) is 0 Å². The Morgan fingerprint density at radius 1 is 1.00 bits per heavy atom. The Labute approximate surface area is 128 Å². The average molecular weight is 281 g/mol. The topological polar surface area (TPSA) is 12.0 Å². The largest absolute Gasteiger partial charge is 0.310 e. The maximum atomic E-state index is 3.83. The molecule has 2 atom stereocenters. The standard InChI is InChI=1S/C20H27N/c1-15(2)19-9-5-6-10-20(19)21-14-16-11-12-17-7-3-4-8-18(17)13-16/h3-4,7-8,11-13,15,19-21H,5-6,9-10,14H2,1-2H3. The van der Waals surface area contributed by atoms with Crippen molar-refractivity contribution in [3.05, 3.63) is 48.0 Å². The van der Waals surface area contributed by atoms with E-state index in [2.05, 4.69) is 61.6 Å². The Morgan fingerprint density at radius 3 is 2.57 bits per heavy atom. The van der Waals surface area contributed by atoms with Crippen molar-refractivity contribution < 1.29 is 0 Å². The fourth-order valence-corrected chi connectivity index (χ4v) is 3.81. The molecule has 1 nitrogen and oxygen atoms in total. The normalized spacial score (nSPS) is 22.8. The Bertz CT molecular complexity index is 587. The third-order valence-corrected chi connectivity index (χ3v) is 5.06. The zero-order valence-corrected chi connectivity index (χ0v) is 13.3. The number of fused-ring (bicyclic) bond motifs is 1. The summed E-state index contributed by atoms with van der Waals surface area (Å²) < 4.78 is 0. The van der Waals surface area contributed by atoms with Crippen molar-refractivity contribution in [1.82, 2.24) is 5.32 Å². The van der Waals surface area contributed by atoms with Gasteiger partial charge in [-0.2, -0.15) is 0 Å². The highest BCUT2D eigenvalue weighted by Crippen LogP contribution is 2.30. The molecule has 0 bridgehead atoms. The molecule has 21 heavy (non-hydrogen) atoms. The summed E-state index contributed by atoms with van der Waals surface area (Å²) in [6.07, 6.45) is 5.54. The molecule has 112 valence electrons. The Kier molecular flexibility index (Phi) is 4.60. The van der Waals surface area contributed by atoms with Crippen LogP contribution in [0.4, 0.5) is 0 Å². The molecule has 1 aliphatic rings. The third kappa shape index (κ3) is 3.47. The average Bonchev–Trinajstić information content (AvgIpc) is 2.53. The molecule has 0 aliphatic heterocycles. The molecule has 1 heteroatoms. The predicted octanol–water partition coefficient (Wildman–Crippen LogP) is 5.14. The number of hydrogen-bond acceptors (Lipinski definition) is 1. The van der Waals surface area contributed by atoms with Gasteiger partial charge in [0.25, 0.3) is 0 Å². The van der Waals surface area contributed by atoms with Crippen LogP contribution in [-0.2, 0) is 6.54 Å². The van der Waals surface area contributed by atoms with Crippen molar-refractivity contribution in [2.24, 2.45) is 11.8 Å². The molecule has 0 spiro atoms. The minimum absolute atomic E-state index is 0.699. The van der Waals surface area contributed by atoms with Crippen molar-refractivity contribution in [3.8, 4) is 0 Å². The van der Waals surface area contributed by atoms with Gasteiger partial charge in [0, 0.05) is 12.6 Å². The van der Waals surface area contributed by atoms with Gasteiger partial charge >= 0.3 is 0 Å². The second-order valence-electron chi connectivity index (χ2n) is 6.86. The van der Waals surface area contributed by atoms with Crippen LogP contribution in [0.3, 0.4) is 0 Å². The second kappa shape index (κ2) is 6.62.